The summed E-state index contributed by atoms with van der Waals surface area (Å²) >= 11 is 0. The van der Waals surface area contributed by atoms with Crippen molar-refractivity contribution in [3.05, 3.63) is 34.9 Å². The topological polar surface area (TPSA) is 12.0 Å². The molecule has 2 atom stereocenters. The van der Waals surface area contributed by atoms with Crippen molar-refractivity contribution in [3.8, 4) is 0 Å². The lowest BCUT2D eigenvalue weighted by Gasteiger charge is -2.20. The quantitative estimate of drug-likeness (QED) is 0.807. The van der Waals surface area contributed by atoms with E-state index in [1.54, 1.807) is 0 Å². The molecule has 1 N–H and O–H groups in total. The average Bonchev–Trinajstić information content (AvgIpc) is 3.12. The zero-order chi connectivity index (χ0) is 12.4. The monoisotopic (exact) mass is 231 g/mol. The van der Waals surface area contributed by atoms with Crippen LogP contribution in [0.4, 0.5) is 0 Å². The lowest BCUT2D eigenvalue weighted by atomic mass is 9.99. The van der Waals surface area contributed by atoms with E-state index in [2.05, 4.69) is 51.2 Å². The maximum absolute atomic E-state index is 3.69. The molecule has 1 aliphatic rings. The molecule has 94 valence electrons. The van der Waals surface area contributed by atoms with Crippen LogP contribution in [-0.2, 0) is 0 Å². The second-order valence-electron chi connectivity index (χ2n) is 5.80. The zero-order valence-electron chi connectivity index (χ0n) is 11.6. The first-order valence-corrected chi connectivity index (χ1v) is 6.88. The van der Waals surface area contributed by atoms with Gasteiger partial charge in [0.15, 0.2) is 0 Å². The molecule has 17 heavy (non-hydrogen) atoms. The van der Waals surface area contributed by atoms with Crippen molar-refractivity contribution in [2.75, 3.05) is 6.54 Å². The van der Waals surface area contributed by atoms with E-state index in [1.165, 1.54) is 29.5 Å². The van der Waals surface area contributed by atoms with Crippen molar-refractivity contribution in [3.63, 3.8) is 0 Å². The summed E-state index contributed by atoms with van der Waals surface area (Å²) in [5.41, 5.74) is 4.21. The summed E-state index contributed by atoms with van der Waals surface area (Å²) in [6.07, 6.45) is 2.89. The molecule has 0 bridgehead atoms. The molecule has 1 aromatic rings. The summed E-state index contributed by atoms with van der Waals surface area (Å²) in [4.78, 5) is 0. The van der Waals surface area contributed by atoms with Crippen LogP contribution < -0.4 is 5.32 Å². The highest BCUT2D eigenvalue weighted by Gasteiger charge is 2.27. The molecule has 0 heterocycles. The Kier molecular flexibility index (Phi) is 3.88. The molecule has 0 aliphatic heterocycles. The molecule has 1 saturated carbocycles. The number of nitrogens with one attached hydrogen (secondary N) is 1. The Hall–Kier alpha value is -0.820. The molecular weight excluding hydrogens is 206 g/mol. The van der Waals surface area contributed by atoms with Crippen molar-refractivity contribution in [2.24, 2.45) is 11.8 Å². The second-order valence-corrected chi connectivity index (χ2v) is 5.80. The van der Waals surface area contributed by atoms with Gasteiger partial charge in [0, 0.05) is 6.04 Å². The van der Waals surface area contributed by atoms with Crippen molar-refractivity contribution in [1.82, 2.24) is 5.32 Å². The van der Waals surface area contributed by atoms with Crippen LogP contribution in [0.25, 0.3) is 0 Å². The lowest BCUT2D eigenvalue weighted by Crippen LogP contribution is -2.25. The summed E-state index contributed by atoms with van der Waals surface area (Å²) in [6, 6.07) is 7.21. The molecule has 0 spiro atoms. The van der Waals surface area contributed by atoms with Gasteiger partial charge in [0.2, 0.25) is 0 Å². The van der Waals surface area contributed by atoms with Gasteiger partial charge in [-0.3, -0.25) is 0 Å². The molecule has 1 aromatic carbocycles. The molecule has 0 aromatic heterocycles. The van der Waals surface area contributed by atoms with E-state index in [9.17, 15) is 0 Å². The van der Waals surface area contributed by atoms with Crippen LogP contribution in [0.5, 0.6) is 0 Å². The van der Waals surface area contributed by atoms with Crippen LogP contribution in [0, 0.1) is 25.7 Å². The normalized spacial score (nSPS) is 19.1. The maximum Gasteiger partial charge on any atom is 0.0294 e. The predicted molar refractivity (Wildman–Crippen MR) is 74.2 cm³/mol. The Labute approximate surface area is 106 Å². The van der Waals surface area contributed by atoms with Crippen molar-refractivity contribution in [2.45, 2.75) is 46.6 Å². The number of hydrogen-bond acceptors (Lipinski definition) is 1. The van der Waals surface area contributed by atoms with Crippen LogP contribution in [-0.4, -0.2) is 6.54 Å². The first-order valence-electron chi connectivity index (χ1n) is 6.88. The Morgan fingerprint density at radius 1 is 1.24 bits per heavy atom. The van der Waals surface area contributed by atoms with Crippen molar-refractivity contribution >= 4 is 0 Å². The third-order valence-corrected chi connectivity index (χ3v) is 4.07. The summed E-state index contributed by atoms with van der Waals surface area (Å²) in [6.45, 7) is 10.2. The highest BCUT2D eigenvalue weighted by molar-refractivity contribution is 5.32. The van der Waals surface area contributed by atoms with Gasteiger partial charge in [-0.2, -0.15) is 0 Å². The fraction of sp³-hybridized carbons (Fsp3) is 0.625. The van der Waals surface area contributed by atoms with Gasteiger partial charge in [0.25, 0.3) is 0 Å². The molecule has 1 heteroatoms. The fourth-order valence-corrected chi connectivity index (χ4v) is 2.53. The molecular formula is C16H25N. The predicted octanol–water partition coefficient (Wildman–Crippen LogP) is 4.00. The second kappa shape index (κ2) is 5.22. The molecule has 2 unspecified atom stereocenters. The van der Waals surface area contributed by atoms with Gasteiger partial charge < -0.3 is 5.32 Å². The van der Waals surface area contributed by atoms with Gasteiger partial charge in [0.05, 0.1) is 0 Å². The van der Waals surface area contributed by atoms with Gasteiger partial charge >= 0.3 is 0 Å². The smallest absolute Gasteiger partial charge is 0.0294 e. The van der Waals surface area contributed by atoms with E-state index < -0.39 is 0 Å². The van der Waals surface area contributed by atoms with Crippen molar-refractivity contribution in [1.29, 1.82) is 0 Å². The van der Waals surface area contributed by atoms with Gasteiger partial charge in [-0.25, -0.2) is 0 Å². The first-order chi connectivity index (χ1) is 8.08. The fourth-order valence-electron chi connectivity index (χ4n) is 2.53. The van der Waals surface area contributed by atoms with Gasteiger partial charge in [-0.15, -0.1) is 0 Å². The van der Waals surface area contributed by atoms with E-state index in [1.807, 2.05) is 0 Å². The van der Waals surface area contributed by atoms with E-state index in [-0.39, 0.29) is 0 Å². The van der Waals surface area contributed by atoms with Crippen LogP contribution in [0.2, 0.25) is 0 Å². The van der Waals surface area contributed by atoms with Gasteiger partial charge in [0.1, 0.15) is 0 Å². The third kappa shape index (κ3) is 3.32. The summed E-state index contributed by atoms with van der Waals surface area (Å²) in [7, 11) is 0. The minimum atomic E-state index is 0.469. The lowest BCUT2D eigenvalue weighted by molar-refractivity contribution is 0.431. The van der Waals surface area contributed by atoms with Crippen LogP contribution in [0.15, 0.2) is 18.2 Å². The number of hydrogen-bond donors (Lipinski definition) is 1. The van der Waals surface area contributed by atoms with Gasteiger partial charge in [-0.05, 0) is 63.1 Å². The summed E-state index contributed by atoms with van der Waals surface area (Å²) in [5, 5.41) is 3.69. The largest absolute Gasteiger partial charge is 0.310 e. The van der Waals surface area contributed by atoms with E-state index >= 15 is 0 Å². The van der Waals surface area contributed by atoms with Gasteiger partial charge in [-0.1, -0.05) is 30.7 Å². The van der Waals surface area contributed by atoms with Crippen molar-refractivity contribution < 1.29 is 0 Å². The Bertz CT molecular complexity index is 379. The first kappa shape index (κ1) is 12.6. The van der Waals surface area contributed by atoms with Crippen LogP contribution in [0.3, 0.4) is 0 Å². The number of benzene rings is 1. The minimum Gasteiger partial charge on any atom is -0.310 e. The molecule has 0 saturated heterocycles. The highest BCUT2D eigenvalue weighted by atomic mass is 14.9. The third-order valence-electron chi connectivity index (χ3n) is 4.07. The molecule has 0 radical (unpaired) electrons. The molecule has 0 amide bonds. The van der Waals surface area contributed by atoms with Crippen LogP contribution in [0.1, 0.15) is 49.4 Å². The summed E-state index contributed by atoms with van der Waals surface area (Å²) < 4.78 is 0. The highest BCUT2D eigenvalue weighted by Crippen LogP contribution is 2.36. The van der Waals surface area contributed by atoms with E-state index in [4.69, 9.17) is 0 Å². The number of rotatable bonds is 5. The summed E-state index contributed by atoms with van der Waals surface area (Å²) in [5.74, 6) is 1.83. The zero-order valence-corrected chi connectivity index (χ0v) is 11.6. The number of aryl methyl sites for hydroxylation is 2. The Balaban J connectivity index is 1.93. The molecule has 1 fully saturated rings. The molecule has 1 aliphatic carbocycles. The van der Waals surface area contributed by atoms with Crippen LogP contribution >= 0.6 is 0 Å². The van der Waals surface area contributed by atoms with E-state index in [0.717, 1.165) is 18.4 Å². The average molecular weight is 231 g/mol. The maximum atomic E-state index is 3.69. The Morgan fingerprint density at radius 2 is 1.94 bits per heavy atom. The molecule has 2 rings (SSSR count). The Morgan fingerprint density at radius 3 is 2.59 bits per heavy atom. The SMILES string of the molecule is Cc1ccc(C)c(C(C)NCC(C)C2CC2)c1. The standard InChI is InChI=1S/C16H25N/c1-11-5-6-12(2)16(9-11)14(4)17-10-13(3)15-7-8-15/h5-6,9,13-15,17H,7-8,10H2,1-4H3. The minimum absolute atomic E-state index is 0.469. The molecule has 1 nitrogen and oxygen atoms in total. The van der Waals surface area contributed by atoms with E-state index in [0.29, 0.717) is 6.04 Å².